The number of nitrogens with one attached hydrogen (secondary N) is 1. The van der Waals surface area contributed by atoms with Crippen molar-refractivity contribution in [3.8, 4) is 0 Å². The second kappa shape index (κ2) is 7.38. The third-order valence-electron chi connectivity index (χ3n) is 3.72. The molecule has 0 radical (unpaired) electrons. The number of benzene rings is 2. The molecule has 1 amide bonds. The quantitative estimate of drug-likeness (QED) is 0.643. The Labute approximate surface area is 160 Å². The Morgan fingerprint density at radius 3 is 2.37 bits per heavy atom. The fourth-order valence-corrected chi connectivity index (χ4v) is 3.62. The summed E-state index contributed by atoms with van der Waals surface area (Å²) in [6, 6.07) is 14.5. The van der Waals surface area contributed by atoms with Crippen LogP contribution in [0, 0.1) is 0 Å². The fourth-order valence-electron chi connectivity index (χ4n) is 2.33. The number of carbonyl (C=O) groups excluding carboxylic acids is 2. The molecule has 0 saturated carbocycles. The molecule has 3 rings (SSSR count). The average molecular weight is 404 g/mol. The normalized spacial score (nSPS) is 11.2. The first-order valence-corrected chi connectivity index (χ1v) is 9.66. The predicted octanol–water partition coefficient (Wildman–Crippen LogP) is 4.22. The van der Waals surface area contributed by atoms with Crippen molar-refractivity contribution >= 4 is 38.8 Å². The van der Waals surface area contributed by atoms with E-state index in [1.165, 1.54) is 49.4 Å². The molecular formula is C19H14ClNO5S. The Hall–Kier alpha value is -2.90. The average Bonchev–Trinajstić information content (AvgIpc) is 3.13. The number of rotatable bonds is 5. The van der Waals surface area contributed by atoms with E-state index < -0.39 is 15.7 Å². The summed E-state index contributed by atoms with van der Waals surface area (Å²) in [4.78, 5) is 23.7. The molecule has 8 heteroatoms. The van der Waals surface area contributed by atoms with Crippen LogP contribution in [0.25, 0.3) is 0 Å². The van der Waals surface area contributed by atoms with E-state index in [0.29, 0.717) is 16.3 Å². The first kappa shape index (κ1) is 18.9. The third kappa shape index (κ3) is 4.10. The van der Waals surface area contributed by atoms with Gasteiger partial charge in [-0.25, -0.2) is 8.42 Å². The van der Waals surface area contributed by atoms with E-state index in [1.54, 1.807) is 18.2 Å². The van der Waals surface area contributed by atoms with Gasteiger partial charge in [0.25, 0.3) is 5.91 Å². The first-order valence-electron chi connectivity index (χ1n) is 7.80. The van der Waals surface area contributed by atoms with Crippen LogP contribution in [0.4, 0.5) is 5.69 Å². The molecule has 0 atom stereocenters. The number of halogens is 1. The lowest BCUT2D eigenvalue weighted by atomic mass is 10.1. The summed E-state index contributed by atoms with van der Waals surface area (Å²) in [6.45, 7) is 1.42. The minimum Gasteiger partial charge on any atom is -0.439 e. The van der Waals surface area contributed by atoms with Crippen LogP contribution in [0.1, 0.15) is 27.8 Å². The second-order valence-electron chi connectivity index (χ2n) is 5.67. The van der Waals surface area contributed by atoms with Crippen molar-refractivity contribution in [1.29, 1.82) is 0 Å². The van der Waals surface area contributed by atoms with Gasteiger partial charge >= 0.3 is 0 Å². The summed E-state index contributed by atoms with van der Waals surface area (Å²) < 4.78 is 30.4. The van der Waals surface area contributed by atoms with E-state index in [9.17, 15) is 18.0 Å². The molecule has 0 aliphatic rings. The van der Waals surface area contributed by atoms with Gasteiger partial charge in [-0.05, 0) is 55.5 Å². The topological polar surface area (TPSA) is 93.5 Å². The lowest BCUT2D eigenvalue weighted by Gasteiger charge is -2.05. The van der Waals surface area contributed by atoms with Crippen molar-refractivity contribution in [2.45, 2.75) is 16.9 Å². The highest BCUT2D eigenvalue weighted by Crippen LogP contribution is 2.24. The number of sulfone groups is 1. The van der Waals surface area contributed by atoms with Crippen molar-refractivity contribution in [3.05, 3.63) is 77.0 Å². The van der Waals surface area contributed by atoms with Crippen LogP contribution in [0.3, 0.4) is 0 Å². The molecule has 1 heterocycles. The largest absolute Gasteiger partial charge is 0.439 e. The smallest absolute Gasteiger partial charge is 0.291 e. The van der Waals surface area contributed by atoms with Gasteiger partial charge in [0.2, 0.25) is 14.9 Å². The summed E-state index contributed by atoms with van der Waals surface area (Å²) >= 11 is 5.77. The number of amides is 1. The molecule has 27 heavy (non-hydrogen) atoms. The van der Waals surface area contributed by atoms with Crippen molar-refractivity contribution in [2.24, 2.45) is 0 Å². The van der Waals surface area contributed by atoms with Crippen molar-refractivity contribution in [2.75, 3.05) is 5.32 Å². The lowest BCUT2D eigenvalue weighted by Crippen LogP contribution is -2.11. The van der Waals surface area contributed by atoms with Gasteiger partial charge in [-0.2, -0.15) is 0 Å². The van der Waals surface area contributed by atoms with Crippen LogP contribution in [0.5, 0.6) is 0 Å². The summed E-state index contributed by atoms with van der Waals surface area (Å²) in [6.07, 6.45) is 0. The van der Waals surface area contributed by atoms with Gasteiger partial charge in [-0.1, -0.05) is 23.7 Å². The molecule has 0 bridgehead atoms. The summed E-state index contributed by atoms with van der Waals surface area (Å²) in [5, 5.41) is 2.62. The highest BCUT2D eigenvalue weighted by molar-refractivity contribution is 7.91. The Balaban J connectivity index is 1.83. The molecule has 0 aliphatic carbocycles. The summed E-state index contributed by atoms with van der Waals surface area (Å²) in [7, 11) is -3.91. The molecule has 1 N–H and O–H groups in total. The van der Waals surface area contributed by atoms with Gasteiger partial charge in [0.1, 0.15) is 0 Å². The molecule has 6 nitrogen and oxygen atoms in total. The Morgan fingerprint density at radius 1 is 1.00 bits per heavy atom. The number of anilines is 1. The van der Waals surface area contributed by atoms with E-state index in [-0.39, 0.29) is 21.5 Å². The third-order valence-corrected chi connectivity index (χ3v) is 5.61. The Morgan fingerprint density at radius 2 is 1.70 bits per heavy atom. The Kier molecular flexibility index (Phi) is 5.16. The maximum absolute atomic E-state index is 12.6. The molecule has 0 spiro atoms. The van der Waals surface area contributed by atoms with Crippen molar-refractivity contribution < 1.29 is 22.4 Å². The van der Waals surface area contributed by atoms with Gasteiger partial charge < -0.3 is 9.73 Å². The van der Waals surface area contributed by atoms with E-state index >= 15 is 0 Å². The van der Waals surface area contributed by atoms with Crippen LogP contribution in [0.15, 0.2) is 75.1 Å². The van der Waals surface area contributed by atoms with E-state index in [2.05, 4.69) is 5.32 Å². The zero-order chi connectivity index (χ0) is 19.6. The van der Waals surface area contributed by atoms with Crippen LogP contribution in [0.2, 0.25) is 5.02 Å². The highest BCUT2D eigenvalue weighted by Gasteiger charge is 2.23. The van der Waals surface area contributed by atoms with Gasteiger partial charge in [0.15, 0.2) is 11.5 Å². The molecule has 2 aromatic carbocycles. The van der Waals surface area contributed by atoms with Crippen LogP contribution in [-0.4, -0.2) is 20.1 Å². The zero-order valence-corrected chi connectivity index (χ0v) is 15.7. The molecule has 0 aliphatic heterocycles. The molecule has 138 valence electrons. The van der Waals surface area contributed by atoms with E-state index in [0.717, 1.165) is 0 Å². The predicted molar refractivity (Wildman–Crippen MR) is 100 cm³/mol. The molecule has 0 saturated heterocycles. The van der Waals surface area contributed by atoms with Gasteiger partial charge in [0.05, 0.1) is 4.90 Å². The van der Waals surface area contributed by atoms with Crippen LogP contribution < -0.4 is 5.32 Å². The number of hydrogen-bond donors (Lipinski definition) is 1. The monoisotopic (exact) mass is 403 g/mol. The highest BCUT2D eigenvalue weighted by atomic mass is 35.5. The molecule has 1 aromatic heterocycles. The summed E-state index contributed by atoms with van der Waals surface area (Å²) in [5.41, 5.74) is 0.837. The fraction of sp³-hybridized carbons (Fsp3) is 0.0526. The minimum atomic E-state index is -3.91. The maximum Gasteiger partial charge on any atom is 0.291 e. The molecule has 0 unspecified atom stereocenters. The summed E-state index contributed by atoms with van der Waals surface area (Å²) in [5.74, 6) is -0.940. The lowest BCUT2D eigenvalue weighted by molar-refractivity contribution is 0.0987. The first-order chi connectivity index (χ1) is 12.8. The van der Waals surface area contributed by atoms with Crippen LogP contribution >= 0.6 is 11.6 Å². The zero-order valence-electron chi connectivity index (χ0n) is 14.1. The molecule has 0 fully saturated rings. The standard InChI is InChI=1S/C19H14ClNO5S/c1-12(22)13-3-2-4-15(11-13)21-19(23)17-9-10-18(26-17)27(24,25)16-7-5-14(20)6-8-16/h2-11H,1H3,(H,21,23). The molecule has 3 aromatic rings. The number of furan rings is 1. The van der Waals surface area contributed by atoms with E-state index in [1.807, 2.05) is 0 Å². The minimum absolute atomic E-state index is 0.00219. The van der Waals surface area contributed by atoms with Gasteiger partial charge in [-0.15, -0.1) is 0 Å². The number of Topliss-reactive ketones (excluding diaryl/α,β-unsaturated/α-hetero) is 1. The maximum atomic E-state index is 12.6. The van der Waals surface area contributed by atoms with E-state index in [4.69, 9.17) is 16.0 Å². The Bertz CT molecular complexity index is 1120. The number of hydrogen-bond acceptors (Lipinski definition) is 5. The van der Waals surface area contributed by atoms with Gasteiger partial charge in [-0.3, -0.25) is 9.59 Å². The SMILES string of the molecule is CC(=O)c1cccc(NC(=O)c2ccc(S(=O)(=O)c3ccc(Cl)cc3)o2)c1. The molecular weight excluding hydrogens is 390 g/mol. The van der Waals surface area contributed by atoms with Crippen LogP contribution in [-0.2, 0) is 9.84 Å². The number of carbonyl (C=O) groups is 2. The van der Waals surface area contributed by atoms with Crippen molar-refractivity contribution in [3.63, 3.8) is 0 Å². The second-order valence-corrected chi connectivity index (χ2v) is 7.98. The number of ketones is 1. The van der Waals surface area contributed by atoms with Gasteiger partial charge in [0, 0.05) is 16.3 Å². The van der Waals surface area contributed by atoms with Crippen molar-refractivity contribution in [1.82, 2.24) is 0 Å².